The molecule has 0 aliphatic carbocycles. The number of alkyl halides is 2. The molecule has 6 heteroatoms. The van der Waals surface area contributed by atoms with Gasteiger partial charge in [0.15, 0.2) is 11.3 Å². The topological polar surface area (TPSA) is 51.8 Å². The van der Waals surface area contributed by atoms with Crippen molar-refractivity contribution in [2.24, 2.45) is 4.99 Å². The molecule has 0 atom stereocenters. The largest absolute Gasteiger partial charge is 0.493 e. The summed E-state index contributed by atoms with van der Waals surface area (Å²) in [6, 6.07) is 12.7. The number of fused-ring (bicyclic) bond motifs is 2. The fourth-order valence-electron chi connectivity index (χ4n) is 3.36. The summed E-state index contributed by atoms with van der Waals surface area (Å²) in [5, 5.41) is 0.624. The van der Waals surface area contributed by atoms with Gasteiger partial charge < -0.3 is 9.15 Å². The summed E-state index contributed by atoms with van der Waals surface area (Å²) in [7, 11) is 1.46. The van der Waals surface area contributed by atoms with Crippen molar-refractivity contribution in [3.63, 3.8) is 0 Å². The maximum Gasteiger partial charge on any atom is 0.336 e. The van der Waals surface area contributed by atoms with Crippen LogP contribution in [-0.4, -0.2) is 18.4 Å². The smallest absolute Gasteiger partial charge is 0.336 e. The van der Waals surface area contributed by atoms with Crippen LogP contribution in [0.1, 0.15) is 30.5 Å². The van der Waals surface area contributed by atoms with E-state index in [4.69, 9.17) is 9.15 Å². The highest BCUT2D eigenvalue weighted by Crippen LogP contribution is 2.47. The molecule has 0 spiro atoms. The van der Waals surface area contributed by atoms with Crippen molar-refractivity contribution in [3.05, 3.63) is 75.6 Å². The molecule has 2 aromatic carbocycles. The standard InChI is InChI=1S/C21H17F2NO3/c1-20(2)21(22,23)15-7-5-4-6-14(15)18(24-20)13-10-12-8-9-17(25)27-19(12)16(11-13)26-3/h4-11H,1-3H3. The van der Waals surface area contributed by atoms with E-state index in [1.165, 1.54) is 33.1 Å². The van der Waals surface area contributed by atoms with Gasteiger partial charge in [0.1, 0.15) is 5.54 Å². The van der Waals surface area contributed by atoms with E-state index in [0.29, 0.717) is 33.6 Å². The van der Waals surface area contributed by atoms with E-state index < -0.39 is 17.1 Å². The molecule has 0 saturated heterocycles. The van der Waals surface area contributed by atoms with Crippen molar-refractivity contribution in [3.8, 4) is 5.75 Å². The summed E-state index contributed by atoms with van der Waals surface area (Å²) in [6.45, 7) is 2.83. The first-order valence-electron chi connectivity index (χ1n) is 8.44. The molecular formula is C21H17F2NO3. The number of aliphatic imine (C=N–C) groups is 1. The number of methoxy groups -OCH3 is 1. The van der Waals surface area contributed by atoms with E-state index in [2.05, 4.69) is 4.99 Å². The van der Waals surface area contributed by atoms with Gasteiger partial charge >= 0.3 is 5.63 Å². The molecule has 1 aromatic heterocycles. The van der Waals surface area contributed by atoms with Crippen LogP contribution >= 0.6 is 0 Å². The third-order valence-corrected chi connectivity index (χ3v) is 4.86. The summed E-state index contributed by atoms with van der Waals surface area (Å²) >= 11 is 0. The Morgan fingerprint density at radius 1 is 1.07 bits per heavy atom. The van der Waals surface area contributed by atoms with Crippen LogP contribution in [0.5, 0.6) is 5.75 Å². The van der Waals surface area contributed by atoms with Gasteiger partial charge in [-0.05, 0) is 32.0 Å². The van der Waals surface area contributed by atoms with Crippen LogP contribution < -0.4 is 10.4 Å². The molecule has 0 saturated carbocycles. The molecule has 3 aromatic rings. The van der Waals surface area contributed by atoms with Crippen LogP contribution in [-0.2, 0) is 5.92 Å². The number of benzene rings is 2. The number of nitrogens with zero attached hydrogens (tertiary/aromatic N) is 1. The molecular weight excluding hydrogens is 352 g/mol. The van der Waals surface area contributed by atoms with Crippen LogP contribution in [0, 0.1) is 0 Å². The zero-order chi connectivity index (χ0) is 19.4. The predicted molar refractivity (Wildman–Crippen MR) is 99.1 cm³/mol. The first-order valence-corrected chi connectivity index (χ1v) is 8.44. The number of halogens is 2. The third-order valence-electron chi connectivity index (χ3n) is 4.86. The molecule has 0 bridgehead atoms. The number of hydrogen-bond donors (Lipinski definition) is 0. The number of ether oxygens (including phenoxy) is 1. The van der Waals surface area contributed by atoms with E-state index in [1.807, 2.05) is 0 Å². The van der Waals surface area contributed by atoms with Crippen LogP contribution in [0.15, 0.2) is 62.7 Å². The summed E-state index contributed by atoms with van der Waals surface area (Å²) in [6.07, 6.45) is 0. The average Bonchev–Trinajstić information content (AvgIpc) is 2.64. The molecule has 27 heavy (non-hydrogen) atoms. The highest BCUT2D eigenvalue weighted by atomic mass is 19.3. The molecule has 138 valence electrons. The first kappa shape index (κ1) is 17.4. The second-order valence-corrected chi connectivity index (χ2v) is 6.99. The van der Waals surface area contributed by atoms with Crippen molar-refractivity contribution in [1.82, 2.24) is 0 Å². The van der Waals surface area contributed by atoms with Crippen molar-refractivity contribution in [1.29, 1.82) is 0 Å². The van der Waals surface area contributed by atoms with Crippen molar-refractivity contribution in [2.75, 3.05) is 7.11 Å². The maximum absolute atomic E-state index is 14.9. The first-order chi connectivity index (χ1) is 12.7. The molecule has 2 heterocycles. The average molecular weight is 369 g/mol. The van der Waals surface area contributed by atoms with Gasteiger partial charge in [-0.2, -0.15) is 8.78 Å². The van der Waals surface area contributed by atoms with Gasteiger partial charge in [-0.3, -0.25) is 4.99 Å². The molecule has 0 radical (unpaired) electrons. The lowest BCUT2D eigenvalue weighted by Crippen LogP contribution is -2.44. The van der Waals surface area contributed by atoms with Crippen molar-refractivity contribution in [2.45, 2.75) is 25.3 Å². The second-order valence-electron chi connectivity index (χ2n) is 6.99. The molecule has 0 fully saturated rings. The van der Waals surface area contributed by atoms with Crippen molar-refractivity contribution >= 4 is 16.7 Å². The molecule has 1 aliphatic rings. The third kappa shape index (κ3) is 2.55. The van der Waals surface area contributed by atoms with E-state index in [0.717, 1.165) is 0 Å². The van der Waals surface area contributed by atoms with Gasteiger partial charge in [-0.25, -0.2) is 4.79 Å². The molecule has 0 amide bonds. The van der Waals surface area contributed by atoms with E-state index in [9.17, 15) is 13.6 Å². The molecule has 4 nitrogen and oxygen atoms in total. The quantitative estimate of drug-likeness (QED) is 0.624. The van der Waals surface area contributed by atoms with E-state index >= 15 is 0 Å². The fraction of sp³-hybridized carbons (Fsp3) is 0.238. The second kappa shape index (κ2) is 5.74. The van der Waals surface area contributed by atoms with Gasteiger partial charge in [-0.1, -0.05) is 24.3 Å². The Hall–Kier alpha value is -3.02. The Morgan fingerprint density at radius 2 is 1.81 bits per heavy atom. The van der Waals surface area contributed by atoms with Crippen LogP contribution in [0.4, 0.5) is 8.78 Å². The summed E-state index contributed by atoms with van der Waals surface area (Å²) in [5.41, 5.74) is -0.406. The Morgan fingerprint density at radius 3 is 2.56 bits per heavy atom. The highest BCUT2D eigenvalue weighted by Gasteiger charge is 2.52. The van der Waals surface area contributed by atoms with Gasteiger partial charge in [0, 0.05) is 28.1 Å². The zero-order valence-electron chi connectivity index (χ0n) is 15.0. The summed E-state index contributed by atoms with van der Waals surface area (Å²) in [4.78, 5) is 15.9. The van der Waals surface area contributed by atoms with Gasteiger partial charge in [0.2, 0.25) is 0 Å². The summed E-state index contributed by atoms with van der Waals surface area (Å²) < 4.78 is 40.4. The van der Waals surface area contributed by atoms with Crippen LogP contribution in [0.25, 0.3) is 11.0 Å². The monoisotopic (exact) mass is 369 g/mol. The highest BCUT2D eigenvalue weighted by molar-refractivity contribution is 6.16. The van der Waals surface area contributed by atoms with E-state index in [1.54, 1.807) is 36.4 Å². The Kier molecular flexibility index (Phi) is 3.70. The maximum atomic E-state index is 14.9. The predicted octanol–water partition coefficient (Wildman–Crippen LogP) is 4.52. The van der Waals surface area contributed by atoms with Gasteiger partial charge in [0.25, 0.3) is 5.92 Å². The SMILES string of the molecule is COc1cc(C2=NC(C)(C)C(F)(F)c3ccccc32)cc2ccc(=O)oc12. The van der Waals surface area contributed by atoms with Gasteiger partial charge in [0.05, 0.1) is 12.8 Å². The zero-order valence-corrected chi connectivity index (χ0v) is 15.0. The minimum absolute atomic E-state index is 0.0568. The fourth-order valence-corrected chi connectivity index (χ4v) is 3.36. The minimum atomic E-state index is -3.10. The molecule has 1 aliphatic heterocycles. The molecule has 0 unspecified atom stereocenters. The Bertz CT molecular complexity index is 1150. The van der Waals surface area contributed by atoms with Crippen LogP contribution in [0.2, 0.25) is 0 Å². The molecule has 4 rings (SSSR count). The Balaban J connectivity index is 2.02. The van der Waals surface area contributed by atoms with Crippen molar-refractivity contribution < 1.29 is 17.9 Å². The Labute approximate surface area is 154 Å². The number of hydrogen-bond acceptors (Lipinski definition) is 4. The number of rotatable bonds is 2. The minimum Gasteiger partial charge on any atom is -0.493 e. The lowest BCUT2D eigenvalue weighted by Gasteiger charge is -2.37. The molecule has 0 N–H and O–H groups in total. The lowest BCUT2D eigenvalue weighted by atomic mass is 9.81. The van der Waals surface area contributed by atoms with Gasteiger partial charge in [-0.15, -0.1) is 0 Å². The van der Waals surface area contributed by atoms with E-state index in [-0.39, 0.29) is 5.56 Å². The summed E-state index contributed by atoms with van der Waals surface area (Å²) in [5.74, 6) is -2.75. The van der Waals surface area contributed by atoms with Crippen LogP contribution in [0.3, 0.4) is 0 Å². The lowest BCUT2D eigenvalue weighted by molar-refractivity contribution is -0.0681. The normalized spacial score (nSPS) is 17.3.